The van der Waals surface area contributed by atoms with Crippen LogP contribution in [0, 0.1) is 13.8 Å². The fourth-order valence-corrected chi connectivity index (χ4v) is 3.35. The molecule has 0 unspecified atom stereocenters. The van der Waals surface area contributed by atoms with Crippen molar-refractivity contribution >= 4 is 19.7 Å². The van der Waals surface area contributed by atoms with Gasteiger partial charge >= 0.3 is 0 Å². The van der Waals surface area contributed by atoms with Crippen molar-refractivity contribution in [2.45, 2.75) is 38.8 Å². The number of halogens is 1. The largest absolute Gasteiger partial charge is 0.485 e. The number of benzene rings is 1. The summed E-state index contributed by atoms with van der Waals surface area (Å²) in [6, 6.07) is 3.09. The number of hydrogen-bond donors (Lipinski definition) is 0. The number of aromatic nitrogens is 2. The molecule has 7 heteroatoms. The second-order valence-electron chi connectivity index (χ2n) is 4.67. The molecule has 2 rings (SSSR count). The molecule has 0 aliphatic rings. The van der Waals surface area contributed by atoms with E-state index < -0.39 is 9.05 Å². The number of imidazole rings is 1. The molecule has 1 aromatic heterocycles. The van der Waals surface area contributed by atoms with Gasteiger partial charge in [-0.05, 0) is 44.0 Å². The van der Waals surface area contributed by atoms with Crippen molar-refractivity contribution in [3.05, 3.63) is 41.5 Å². The average molecular weight is 329 g/mol. The van der Waals surface area contributed by atoms with Gasteiger partial charge in [-0.2, -0.15) is 0 Å². The molecule has 2 aromatic rings. The predicted molar refractivity (Wildman–Crippen MR) is 81.2 cm³/mol. The SMILES string of the molecule is CCn1ccnc1COc1ccc(S(=O)(=O)Cl)c(C)c1C. The second kappa shape index (κ2) is 6.07. The molecule has 0 aliphatic heterocycles. The van der Waals surface area contributed by atoms with Gasteiger partial charge in [0.15, 0.2) is 0 Å². The Balaban J connectivity index is 2.24. The molecular weight excluding hydrogens is 312 g/mol. The van der Waals surface area contributed by atoms with E-state index in [4.69, 9.17) is 15.4 Å². The molecule has 0 atom stereocenters. The van der Waals surface area contributed by atoms with E-state index in [0.717, 1.165) is 17.9 Å². The minimum atomic E-state index is -3.74. The summed E-state index contributed by atoms with van der Waals surface area (Å²) >= 11 is 0. The molecule has 114 valence electrons. The van der Waals surface area contributed by atoms with E-state index in [0.29, 0.717) is 17.9 Å². The van der Waals surface area contributed by atoms with Crippen LogP contribution in [0.5, 0.6) is 5.75 Å². The van der Waals surface area contributed by atoms with Gasteiger partial charge in [-0.25, -0.2) is 13.4 Å². The molecule has 1 heterocycles. The monoisotopic (exact) mass is 328 g/mol. The van der Waals surface area contributed by atoms with E-state index in [1.165, 1.54) is 6.07 Å². The van der Waals surface area contributed by atoms with E-state index in [2.05, 4.69) is 4.98 Å². The molecule has 21 heavy (non-hydrogen) atoms. The Labute approximate surface area is 128 Å². The maximum atomic E-state index is 11.5. The summed E-state index contributed by atoms with van der Waals surface area (Å²) in [7, 11) is 1.66. The Morgan fingerprint density at radius 2 is 2.00 bits per heavy atom. The van der Waals surface area contributed by atoms with Crippen molar-refractivity contribution in [3.8, 4) is 5.75 Å². The molecule has 0 saturated heterocycles. The lowest BCUT2D eigenvalue weighted by atomic mass is 10.1. The van der Waals surface area contributed by atoms with Crippen molar-refractivity contribution in [2.75, 3.05) is 0 Å². The van der Waals surface area contributed by atoms with E-state index in [1.807, 2.05) is 24.6 Å². The van der Waals surface area contributed by atoms with Crippen molar-refractivity contribution in [2.24, 2.45) is 0 Å². The molecule has 5 nitrogen and oxygen atoms in total. The Morgan fingerprint density at radius 1 is 1.29 bits per heavy atom. The van der Waals surface area contributed by atoms with E-state index >= 15 is 0 Å². The minimum absolute atomic E-state index is 0.115. The summed E-state index contributed by atoms with van der Waals surface area (Å²) in [4.78, 5) is 4.35. The van der Waals surface area contributed by atoms with Gasteiger partial charge in [0.2, 0.25) is 0 Å². The van der Waals surface area contributed by atoms with Crippen molar-refractivity contribution in [3.63, 3.8) is 0 Å². The van der Waals surface area contributed by atoms with Gasteiger partial charge in [0, 0.05) is 29.6 Å². The molecule has 0 radical (unpaired) electrons. The summed E-state index contributed by atoms with van der Waals surface area (Å²) < 4.78 is 30.7. The third kappa shape index (κ3) is 3.39. The Bertz CT molecular complexity index is 754. The highest BCUT2D eigenvalue weighted by Gasteiger charge is 2.17. The Hall–Kier alpha value is -1.53. The normalized spacial score (nSPS) is 11.6. The minimum Gasteiger partial charge on any atom is -0.485 e. The molecule has 0 bridgehead atoms. The van der Waals surface area contributed by atoms with E-state index in [9.17, 15) is 8.42 Å². The number of hydrogen-bond acceptors (Lipinski definition) is 4. The highest BCUT2D eigenvalue weighted by Crippen LogP contribution is 2.29. The molecule has 0 N–H and O–H groups in total. The highest BCUT2D eigenvalue weighted by molar-refractivity contribution is 8.13. The van der Waals surface area contributed by atoms with Gasteiger partial charge in [-0.1, -0.05) is 0 Å². The van der Waals surface area contributed by atoms with Gasteiger partial charge < -0.3 is 9.30 Å². The lowest BCUT2D eigenvalue weighted by molar-refractivity contribution is 0.287. The smallest absolute Gasteiger partial charge is 0.261 e. The van der Waals surface area contributed by atoms with Crippen LogP contribution in [-0.2, 0) is 22.2 Å². The van der Waals surface area contributed by atoms with Gasteiger partial charge in [0.25, 0.3) is 9.05 Å². The van der Waals surface area contributed by atoms with Crippen LogP contribution in [0.15, 0.2) is 29.4 Å². The summed E-state index contributed by atoms with van der Waals surface area (Å²) in [5, 5.41) is 0. The highest BCUT2D eigenvalue weighted by atomic mass is 35.7. The molecule has 0 saturated carbocycles. The van der Waals surface area contributed by atoms with Crippen LogP contribution in [0.1, 0.15) is 23.9 Å². The third-order valence-electron chi connectivity index (χ3n) is 3.45. The summed E-state index contributed by atoms with van der Waals surface area (Å²) in [6.07, 6.45) is 3.61. The average Bonchev–Trinajstić information content (AvgIpc) is 2.86. The van der Waals surface area contributed by atoms with Crippen LogP contribution in [0.3, 0.4) is 0 Å². The number of ether oxygens (including phenoxy) is 1. The first kappa shape index (κ1) is 15.9. The standard InChI is InChI=1S/C14H17ClN2O3S/c1-4-17-8-7-16-14(17)9-20-12-5-6-13(21(15,18)19)11(3)10(12)2/h5-8H,4,9H2,1-3H3. The van der Waals surface area contributed by atoms with E-state index in [-0.39, 0.29) is 4.90 Å². The predicted octanol–water partition coefficient (Wildman–Crippen LogP) is 3.03. The maximum Gasteiger partial charge on any atom is 0.261 e. The summed E-state index contributed by atoms with van der Waals surface area (Å²) in [5.41, 5.74) is 1.35. The second-order valence-corrected chi connectivity index (χ2v) is 7.20. The lowest BCUT2D eigenvalue weighted by Crippen LogP contribution is -2.07. The fourth-order valence-electron chi connectivity index (χ4n) is 2.10. The number of aryl methyl sites for hydroxylation is 1. The molecule has 0 fully saturated rings. The molecule has 0 aliphatic carbocycles. The van der Waals surface area contributed by atoms with Crippen LogP contribution < -0.4 is 4.74 Å². The number of nitrogens with zero attached hydrogens (tertiary/aromatic N) is 2. The zero-order chi connectivity index (χ0) is 15.6. The van der Waals surface area contributed by atoms with Crippen LogP contribution in [0.25, 0.3) is 0 Å². The zero-order valence-electron chi connectivity index (χ0n) is 12.1. The van der Waals surface area contributed by atoms with Crippen LogP contribution >= 0.6 is 10.7 Å². The third-order valence-corrected chi connectivity index (χ3v) is 4.92. The Kier molecular flexibility index (Phi) is 4.58. The molecule has 0 spiro atoms. The topological polar surface area (TPSA) is 61.2 Å². The Morgan fingerprint density at radius 3 is 2.62 bits per heavy atom. The van der Waals surface area contributed by atoms with Gasteiger partial charge in [-0.3, -0.25) is 0 Å². The quantitative estimate of drug-likeness (QED) is 0.791. The summed E-state index contributed by atoms with van der Waals surface area (Å²) in [5.74, 6) is 1.45. The van der Waals surface area contributed by atoms with Crippen LogP contribution in [-0.4, -0.2) is 18.0 Å². The van der Waals surface area contributed by atoms with Crippen molar-refractivity contribution < 1.29 is 13.2 Å². The van der Waals surface area contributed by atoms with Crippen LogP contribution in [0.2, 0.25) is 0 Å². The van der Waals surface area contributed by atoms with Crippen molar-refractivity contribution in [1.82, 2.24) is 9.55 Å². The van der Waals surface area contributed by atoms with Crippen molar-refractivity contribution in [1.29, 1.82) is 0 Å². The van der Waals surface area contributed by atoms with Crippen LogP contribution in [0.4, 0.5) is 0 Å². The first-order valence-corrected chi connectivity index (χ1v) is 8.83. The molecule has 1 aromatic carbocycles. The summed E-state index contributed by atoms with van der Waals surface area (Å²) in [6.45, 7) is 6.70. The number of rotatable bonds is 5. The molecule has 0 amide bonds. The van der Waals surface area contributed by atoms with Gasteiger partial charge in [0.05, 0.1) is 4.90 Å². The fraction of sp³-hybridized carbons (Fsp3) is 0.357. The van der Waals surface area contributed by atoms with Gasteiger partial charge in [-0.15, -0.1) is 0 Å². The molecular formula is C14H17ClN2O3S. The first-order valence-electron chi connectivity index (χ1n) is 6.52. The van der Waals surface area contributed by atoms with E-state index in [1.54, 1.807) is 19.2 Å². The first-order chi connectivity index (χ1) is 9.84. The van der Waals surface area contributed by atoms with Gasteiger partial charge in [0.1, 0.15) is 18.2 Å². The lowest BCUT2D eigenvalue weighted by Gasteiger charge is -2.13. The zero-order valence-corrected chi connectivity index (χ0v) is 13.7. The maximum absolute atomic E-state index is 11.5.